The number of aromatic nitrogens is 1. The number of rotatable bonds is 8. The van der Waals surface area contributed by atoms with Crippen LogP contribution in [0.15, 0.2) is 22.1 Å². The van der Waals surface area contributed by atoms with Gasteiger partial charge in [0.15, 0.2) is 5.13 Å². The molecule has 2 amide bonds. The van der Waals surface area contributed by atoms with Crippen molar-refractivity contribution in [3.05, 3.63) is 34.7 Å². The van der Waals surface area contributed by atoms with Crippen LogP contribution in [0, 0.1) is 6.92 Å². The van der Waals surface area contributed by atoms with Gasteiger partial charge >= 0.3 is 0 Å². The molecule has 24 heavy (non-hydrogen) atoms. The molecule has 2 aromatic heterocycles. The third-order valence-corrected chi connectivity index (χ3v) is 4.18. The number of aryl methyl sites for hydroxylation is 1. The Morgan fingerprint density at radius 2 is 2.21 bits per heavy atom. The van der Waals surface area contributed by atoms with Crippen molar-refractivity contribution in [3.63, 3.8) is 0 Å². The Morgan fingerprint density at radius 3 is 2.88 bits per heavy atom. The SMILES string of the molecule is CCN[C@H](C)CNC(=O)Cc1csc(NC(=O)c2ccoc2C)n1. The van der Waals surface area contributed by atoms with E-state index in [0.717, 1.165) is 6.54 Å². The van der Waals surface area contributed by atoms with Crippen LogP contribution in [0.4, 0.5) is 5.13 Å². The molecular formula is C16H22N4O3S. The number of nitrogens with one attached hydrogen (secondary N) is 3. The summed E-state index contributed by atoms with van der Waals surface area (Å²) in [5, 5.41) is 11.0. The molecule has 0 aliphatic heterocycles. The third kappa shape index (κ3) is 5.17. The summed E-state index contributed by atoms with van der Waals surface area (Å²) < 4.78 is 5.11. The predicted molar refractivity (Wildman–Crippen MR) is 93.4 cm³/mol. The highest BCUT2D eigenvalue weighted by atomic mass is 32.1. The molecule has 0 radical (unpaired) electrons. The Balaban J connectivity index is 1.83. The lowest BCUT2D eigenvalue weighted by molar-refractivity contribution is -0.120. The highest BCUT2D eigenvalue weighted by Crippen LogP contribution is 2.18. The first-order valence-electron chi connectivity index (χ1n) is 7.79. The maximum absolute atomic E-state index is 12.1. The zero-order valence-electron chi connectivity index (χ0n) is 14.0. The number of furan rings is 1. The van der Waals surface area contributed by atoms with E-state index in [1.54, 1.807) is 18.4 Å². The van der Waals surface area contributed by atoms with Gasteiger partial charge in [0.05, 0.1) is 23.9 Å². The molecule has 0 aliphatic rings. The molecule has 0 spiro atoms. The van der Waals surface area contributed by atoms with E-state index in [1.165, 1.54) is 17.6 Å². The van der Waals surface area contributed by atoms with Crippen molar-refractivity contribution in [2.75, 3.05) is 18.4 Å². The second-order valence-electron chi connectivity index (χ2n) is 5.43. The Labute approximate surface area is 144 Å². The van der Waals surface area contributed by atoms with E-state index in [2.05, 4.69) is 20.9 Å². The van der Waals surface area contributed by atoms with E-state index in [-0.39, 0.29) is 24.3 Å². The van der Waals surface area contributed by atoms with Crippen molar-refractivity contribution in [1.82, 2.24) is 15.6 Å². The summed E-state index contributed by atoms with van der Waals surface area (Å²) in [5.41, 5.74) is 1.11. The minimum absolute atomic E-state index is 0.0893. The Hall–Kier alpha value is -2.19. The number of nitrogens with zero attached hydrogens (tertiary/aromatic N) is 1. The van der Waals surface area contributed by atoms with E-state index in [0.29, 0.717) is 28.7 Å². The van der Waals surface area contributed by atoms with E-state index in [1.807, 2.05) is 13.8 Å². The van der Waals surface area contributed by atoms with Gasteiger partial charge in [-0.2, -0.15) is 0 Å². The molecule has 2 aromatic rings. The second kappa shape index (κ2) is 8.60. The average Bonchev–Trinajstić information content (AvgIpc) is 3.14. The van der Waals surface area contributed by atoms with Gasteiger partial charge in [-0.05, 0) is 26.5 Å². The number of hydrogen-bond acceptors (Lipinski definition) is 6. The van der Waals surface area contributed by atoms with E-state index in [4.69, 9.17) is 4.42 Å². The van der Waals surface area contributed by atoms with Gasteiger partial charge in [0.2, 0.25) is 5.91 Å². The summed E-state index contributed by atoms with van der Waals surface area (Å²) in [4.78, 5) is 28.3. The van der Waals surface area contributed by atoms with Crippen LogP contribution in [0.25, 0.3) is 0 Å². The maximum atomic E-state index is 12.1. The molecule has 7 nitrogen and oxygen atoms in total. The van der Waals surface area contributed by atoms with Crippen molar-refractivity contribution < 1.29 is 14.0 Å². The molecular weight excluding hydrogens is 328 g/mol. The number of hydrogen-bond donors (Lipinski definition) is 3. The Kier molecular flexibility index (Phi) is 6.51. The smallest absolute Gasteiger partial charge is 0.260 e. The minimum Gasteiger partial charge on any atom is -0.469 e. The molecule has 0 unspecified atom stereocenters. The van der Waals surface area contributed by atoms with Crippen LogP contribution in [0.5, 0.6) is 0 Å². The predicted octanol–water partition coefficient (Wildman–Crippen LogP) is 1.95. The molecule has 8 heteroatoms. The fourth-order valence-corrected chi connectivity index (χ4v) is 2.85. The normalized spacial score (nSPS) is 12.0. The molecule has 1 atom stereocenters. The minimum atomic E-state index is -0.272. The van der Waals surface area contributed by atoms with Gasteiger partial charge in [-0.3, -0.25) is 14.9 Å². The van der Waals surface area contributed by atoms with Crippen LogP contribution in [0.2, 0.25) is 0 Å². The molecule has 0 bridgehead atoms. The van der Waals surface area contributed by atoms with Crippen LogP contribution in [-0.4, -0.2) is 35.9 Å². The Bertz CT molecular complexity index is 695. The van der Waals surface area contributed by atoms with Crippen LogP contribution in [0.3, 0.4) is 0 Å². The summed E-state index contributed by atoms with van der Waals surface area (Å²) >= 11 is 1.29. The molecule has 0 fully saturated rings. The number of anilines is 1. The largest absolute Gasteiger partial charge is 0.469 e. The fourth-order valence-electron chi connectivity index (χ4n) is 2.15. The molecule has 0 aliphatic carbocycles. The summed E-state index contributed by atoms with van der Waals surface area (Å²) in [6.07, 6.45) is 1.66. The first-order valence-corrected chi connectivity index (χ1v) is 8.67. The summed E-state index contributed by atoms with van der Waals surface area (Å²) in [6.45, 7) is 7.19. The van der Waals surface area contributed by atoms with Gasteiger partial charge in [0, 0.05) is 18.0 Å². The average molecular weight is 350 g/mol. The fraction of sp³-hybridized carbons (Fsp3) is 0.438. The van der Waals surface area contributed by atoms with Crippen LogP contribution < -0.4 is 16.0 Å². The standard InChI is InChI=1S/C16H22N4O3S/c1-4-17-10(2)8-18-14(21)7-12-9-24-16(19-12)20-15(22)13-5-6-23-11(13)3/h5-6,9-10,17H,4,7-8H2,1-3H3,(H,18,21)(H,19,20,22)/t10-/m1/s1. The quantitative estimate of drug-likeness (QED) is 0.676. The molecule has 3 N–H and O–H groups in total. The number of likely N-dealkylation sites (N-methyl/N-ethyl adjacent to an activating group) is 1. The van der Waals surface area contributed by atoms with Crippen molar-refractivity contribution in [2.24, 2.45) is 0 Å². The van der Waals surface area contributed by atoms with E-state index in [9.17, 15) is 9.59 Å². The summed E-state index contributed by atoms with van der Waals surface area (Å²) in [6, 6.07) is 1.83. The monoisotopic (exact) mass is 350 g/mol. The number of carbonyl (C=O) groups excluding carboxylic acids is 2. The van der Waals surface area contributed by atoms with Crippen LogP contribution >= 0.6 is 11.3 Å². The second-order valence-corrected chi connectivity index (χ2v) is 6.29. The van der Waals surface area contributed by atoms with Gasteiger partial charge in [-0.25, -0.2) is 4.98 Å². The van der Waals surface area contributed by atoms with Gasteiger partial charge < -0.3 is 15.1 Å². The maximum Gasteiger partial charge on any atom is 0.260 e. The van der Waals surface area contributed by atoms with E-state index >= 15 is 0 Å². The number of carbonyl (C=O) groups is 2. The number of thiazole rings is 1. The first kappa shape index (κ1) is 18.2. The molecule has 130 valence electrons. The van der Waals surface area contributed by atoms with Crippen molar-refractivity contribution in [2.45, 2.75) is 33.2 Å². The lowest BCUT2D eigenvalue weighted by Gasteiger charge is -2.12. The summed E-state index contributed by atoms with van der Waals surface area (Å²) in [7, 11) is 0. The van der Waals surface area contributed by atoms with Crippen LogP contribution in [-0.2, 0) is 11.2 Å². The molecule has 0 saturated heterocycles. The molecule has 0 saturated carbocycles. The summed E-state index contributed by atoms with van der Waals surface area (Å²) in [5.74, 6) is 0.193. The van der Waals surface area contributed by atoms with Gasteiger partial charge in [-0.1, -0.05) is 6.92 Å². The molecule has 2 heterocycles. The van der Waals surface area contributed by atoms with E-state index < -0.39 is 0 Å². The number of amides is 2. The lowest BCUT2D eigenvalue weighted by atomic mass is 10.2. The van der Waals surface area contributed by atoms with Crippen molar-refractivity contribution in [3.8, 4) is 0 Å². The Morgan fingerprint density at radius 1 is 1.42 bits per heavy atom. The van der Waals surface area contributed by atoms with Crippen LogP contribution in [0.1, 0.15) is 35.7 Å². The zero-order chi connectivity index (χ0) is 17.5. The first-order chi connectivity index (χ1) is 11.5. The topological polar surface area (TPSA) is 96.3 Å². The third-order valence-electron chi connectivity index (χ3n) is 3.38. The van der Waals surface area contributed by atoms with Gasteiger partial charge in [0.25, 0.3) is 5.91 Å². The highest BCUT2D eigenvalue weighted by molar-refractivity contribution is 7.14. The van der Waals surface area contributed by atoms with Gasteiger partial charge in [0.1, 0.15) is 5.76 Å². The zero-order valence-corrected chi connectivity index (χ0v) is 14.8. The van der Waals surface area contributed by atoms with Crippen molar-refractivity contribution >= 4 is 28.3 Å². The molecule has 0 aromatic carbocycles. The van der Waals surface area contributed by atoms with Gasteiger partial charge in [-0.15, -0.1) is 11.3 Å². The molecule has 2 rings (SSSR count). The highest BCUT2D eigenvalue weighted by Gasteiger charge is 2.14. The lowest BCUT2D eigenvalue weighted by Crippen LogP contribution is -2.39. The van der Waals surface area contributed by atoms with Crippen molar-refractivity contribution in [1.29, 1.82) is 0 Å².